The maximum atomic E-state index is 11.5. The van der Waals surface area contributed by atoms with Crippen molar-refractivity contribution in [3.05, 3.63) is 52.1 Å². The molecule has 1 aromatic carbocycles. The molecule has 1 N–H and O–H groups in total. The maximum Gasteiger partial charge on any atom is 0.159 e. The summed E-state index contributed by atoms with van der Waals surface area (Å²) >= 11 is 3.81. The summed E-state index contributed by atoms with van der Waals surface area (Å²) in [4.78, 5) is 21.4. The topological polar surface area (TPSA) is 53.4 Å². The van der Waals surface area contributed by atoms with E-state index >= 15 is 0 Å². The fourth-order valence-corrected chi connectivity index (χ4v) is 5.51. The summed E-state index contributed by atoms with van der Waals surface area (Å²) in [6.45, 7) is 7.54. The van der Waals surface area contributed by atoms with Gasteiger partial charge in [-0.15, -0.1) is 0 Å². The number of nitrogens with one attached hydrogen (secondary N) is 1. The van der Waals surface area contributed by atoms with E-state index in [1.165, 1.54) is 21.2 Å². The van der Waals surface area contributed by atoms with Gasteiger partial charge in [-0.25, -0.2) is 4.98 Å². The number of ketones is 1. The standard InChI is InChI=1S/C25H30BrN5O/c1-16-24(26)22-8-9-23(28-25(22)31(16)21-14-19(15-21)27-3)30-12-10-29(11-13-30)20-6-4-18(5-7-20)17(2)32/h4-9,19,21,27H,10-15H2,1-3H3. The molecule has 0 spiro atoms. The van der Waals surface area contributed by atoms with Crippen LogP contribution in [0.25, 0.3) is 11.0 Å². The number of nitrogens with zero attached hydrogens (tertiary/aromatic N) is 4. The molecule has 2 aliphatic rings. The minimum atomic E-state index is 0.109. The number of carbonyl (C=O) groups excluding carboxylic acids is 1. The Labute approximate surface area is 197 Å². The summed E-state index contributed by atoms with van der Waals surface area (Å²) in [7, 11) is 2.05. The highest BCUT2D eigenvalue weighted by Gasteiger charge is 2.32. The molecule has 3 heterocycles. The predicted molar refractivity (Wildman–Crippen MR) is 134 cm³/mol. The fraction of sp³-hybridized carbons (Fsp3) is 0.440. The second-order valence-electron chi connectivity index (χ2n) is 9.00. The van der Waals surface area contributed by atoms with E-state index in [1.54, 1.807) is 6.92 Å². The molecule has 0 amide bonds. The number of carbonyl (C=O) groups is 1. The Hall–Kier alpha value is -2.38. The zero-order valence-electron chi connectivity index (χ0n) is 18.9. The zero-order valence-corrected chi connectivity index (χ0v) is 20.5. The lowest BCUT2D eigenvalue weighted by Crippen LogP contribution is -2.46. The summed E-state index contributed by atoms with van der Waals surface area (Å²) in [5.41, 5.74) is 4.30. The highest BCUT2D eigenvalue weighted by atomic mass is 79.9. The first-order valence-electron chi connectivity index (χ1n) is 11.4. The molecular weight excluding hydrogens is 466 g/mol. The van der Waals surface area contributed by atoms with E-state index in [9.17, 15) is 4.79 Å². The summed E-state index contributed by atoms with van der Waals surface area (Å²) in [6, 6.07) is 13.5. The number of Topliss-reactive ketones (excluding diaryl/α,β-unsaturated/α-hetero) is 1. The second-order valence-corrected chi connectivity index (χ2v) is 9.79. The van der Waals surface area contributed by atoms with Crippen molar-refractivity contribution in [2.24, 2.45) is 0 Å². The van der Waals surface area contributed by atoms with Gasteiger partial charge in [0.15, 0.2) is 5.78 Å². The molecule has 1 aliphatic carbocycles. The van der Waals surface area contributed by atoms with Crippen LogP contribution in [-0.4, -0.2) is 54.6 Å². The number of pyridine rings is 1. The molecule has 1 aliphatic heterocycles. The van der Waals surface area contributed by atoms with Crippen molar-refractivity contribution in [2.45, 2.75) is 38.8 Å². The van der Waals surface area contributed by atoms with Crippen LogP contribution < -0.4 is 15.1 Å². The molecule has 0 atom stereocenters. The third kappa shape index (κ3) is 3.71. The zero-order chi connectivity index (χ0) is 22.4. The average molecular weight is 496 g/mol. The molecule has 168 valence electrons. The van der Waals surface area contributed by atoms with Gasteiger partial charge in [0.1, 0.15) is 11.5 Å². The molecule has 32 heavy (non-hydrogen) atoms. The first-order valence-corrected chi connectivity index (χ1v) is 12.2. The van der Waals surface area contributed by atoms with Crippen LogP contribution in [0.2, 0.25) is 0 Å². The summed E-state index contributed by atoms with van der Waals surface area (Å²) in [5, 5.41) is 4.59. The third-order valence-corrected chi connectivity index (χ3v) is 8.13. The van der Waals surface area contributed by atoms with Crippen LogP contribution >= 0.6 is 15.9 Å². The number of anilines is 2. The van der Waals surface area contributed by atoms with Crippen LogP contribution in [0.1, 0.15) is 41.9 Å². The quantitative estimate of drug-likeness (QED) is 0.525. The number of halogens is 1. The highest BCUT2D eigenvalue weighted by Crippen LogP contribution is 2.40. The number of rotatable bonds is 5. The predicted octanol–water partition coefficient (Wildman–Crippen LogP) is 4.56. The molecule has 0 unspecified atom stereocenters. The van der Waals surface area contributed by atoms with Gasteiger partial charge in [0, 0.05) is 65.1 Å². The van der Waals surface area contributed by atoms with Gasteiger partial charge in [0.25, 0.3) is 0 Å². The van der Waals surface area contributed by atoms with E-state index in [0.717, 1.165) is 56.0 Å². The smallest absolute Gasteiger partial charge is 0.159 e. The monoisotopic (exact) mass is 495 g/mol. The van der Waals surface area contributed by atoms with Crippen molar-refractivity contribution in [2.75, 3.05) is 43.0 Å². The summed E-state index contributed by atoms with van der Waals surface area (Å²) in [5.74, 6) is 1.16. The molecule has 0 radical (unpaired) electrons. The van der Waals surface area contributed by atoms with Crippen molar-refractivity contribution in [3.8, 4) is 0 Å². The lowest BCUT2D eigenvalue weighted by molar-refractivity contribution is 0.101. The van der Waals surface area contributed by atoms with Crippen molar-refractivity contribution in [1.82, 2.24) is 14.9 Å². The molecule has 6 nitrogen and oxygen atoms in total. The number of hydrogen-bond donors (Lipinski definition) is 1. The minimum Gasteiger partial charge on any atom is -0.368 e. The first-order chi connectivity index (χ1) is 15.5. The van der Waals surface area contributed by atoms with Crippen LogP contribution in [0, 0.1) is 6.92 Å². The molecule has 1 saturated carbocycles. The van der Waals surface area contributed by atoms with Gasteiger partial charge >= 0.3 is 0 Å². The van der Waals surface area contributed by atoms with E-state index in [0.29, 0.717) is 12.1 Å². The van der Waals surface area contributed by atoms with Crippen molar-refractivity contribution < 1.29 is 4.79 Å². The molecule has 2 aromatic heterocycles. The second kappa shape index (κ2) is 8.52. The lowest BCUT2D eigenvalue weighted by atomic mass is 9.86. The largest absolute Gasteiger partial charge is 0.368 e. The Balaban J connectivity index is 1.34. The van der Waals surface area contributed by atoms with Crippen molar-refractivity contribution in [1.29, 1.82) is 0 Å². The van der Waals surface area contributed by atoms with Crippen LogP contribution in [0.15, 0.2) is 40.9 Å². The van der Waals surface area contributed by atoms with Gasteiger partial charge in [-0.05, 0) is 86.1 Å². The Morgan fingerprint density at radius 3 is 2.31 bits per heavy atom. The fourth-order valence-electron chi connectivity index (χ4n) is 5.01. The Bertz CT molecular complexity index is 1140. The minimum absolute atomic E-state index is 0.109. The molecule has 3 aromatic rings. The van der Waals surface area contributed by atoms with Gasteiger partial charge < -0.3 is 19.7 Å². The van der Waals surface area contributed by atoms with Crippen LogP contribution in [0.5, 0.6) is 0 Å². The number of aromatic nitrogens is 2. The Morgan fingerprint density at radius 1 is 1.03 bits per heavy atom. The van der Waals surface area contributed by atoms with E-state index in [-0.39, 0.29) is 5.78 Å². The van der Waals surface area contributed by atoms with Crippen LogP contribution in [0.4, 0.5) is 11.5 Å². The summed E-state index contributed by atoms with van der Waals surface area (Å²) in [6.07, 6.45) is 2.31. The Kier molecular flexibility index (Phi) is 5.72. The van der Waals surface area contributed by atoms with Crippen LogP contribution in [-0.2, 0) is 0 Å². The van der Waals surface area contributed by atoms with Gasteiger partial charge in [-0.1, -0.05) is 0 Å². The lowest BCUT2D eigenvalue weighted by Gasteiger charge is -2.38. The van der Waals surface area contributed by atoms with Crippen molar-refractivity contribution in [3.63, 3.8) is 0 Å². The average Bonchev–Trinajstić information content (AvgIpc) is 3.03. The Morgan fingerprint density at radius 2 is 1.69 bits per heavy atom. The number of benzene rings is 1. The molecule has 7 heteroatoms. The molecular formula is C25H30BrN5O. The van der Waals surface area contributed by atoms with Crippen molar-refractivity contribution >= 4 is 44.3 Å². The highest BCUT2D eigenvalue weighted by molar-refractivity contribution is 9.10. The van der Waals surface area contributed by atoms with E-state index in [1.807, 2.05) is 19.2 Å². The number of hydrogen-bond acceptors (Lipinski definition) is 5. The molecule has 5 rings (SSSR count). The SMILES string of the molecule is CNC1CC(n2c(C)c(Br)c3ccc(N4CCN(c5ccc(C(C)=O)cc5)CC4)nc32)C1. The first kappa shape index (κ1) is 21.5. The normalized spacial score (nSPS) is 21.1. The number of fused-ring (bicyclic) bond motifs is 1. The molecule has 2 fully saturated rings. The summed E-state index contributed by atoms with van der Waals surface area (Å²) < 4.78 is 3.60. The molecule has 1 saturated heterocycles. The maximum absolute atomic E-state index is 11.5. The van der Waals surface area contributed by atoms with Gasteiger partial charge in [0.05, 0.1) is 0 Å². The van der Waals surface area contributed by atoms with Gasteiger partial charge in [-0.3, -0.25) is 4.79 Å². The van der Waals surface area contributed by atoms with Gasteiger partial charge in [-0.2, -0.15) is 0 Å². The molecule has 0 bridgehead atoms. The van der Waals surface area contributed by atoms with E-state index in [2.05, 4.69) is 66.8 Å². The van der Waals surface area contributed by atoms with Gasteiger partial charge in [0.2, 0.25) is 0 Å². The third-order valence-electron chi connectivity index (χ3n) is 7.13. The van der Waals surface area contributed by atoms with Crippen LogP contribution in [0.3, 0.4) is 0 Å². The van der Waals surface area contributed by atoms with E-state index in [4.69, 9.17) is 4.98 Å². The van der Waals surface area contributed by atoms with E-state index < -0.39 is 0 Å². The number of piperazine rings is 1.